The van der Waals surface area contributed by atoms with E-state index in [2.05, 4.69) is 5.32 Å². The minimum Gasteiger partial charge on any atom is -0.497 e. The Morgan fingerprint density at radius 2 is 1.60 bits per heavy atom. The fourth-order valence-electron chi connectivity index (χ4n) is 4.62. The lowest BCUT2D eigenvalue weighted by Crippen LogP contribution is -2.63. The Morgan fingerprint density at radius 1 is 1.02 bits per heavy atom. The monoisotopic (exact) mass is 666 g/mol. The number of amidine groups is 1. The molecule has 0 spiro atoms. The second-order valence-electron chi connectivity index (χ2n) is 10.4. The topological polar surface area (TPSA) is 229 Å². The quantitative estimate of drug-likeness (QED) is 0.102. The van der Waals surface area contributed by atoms with Crippen LogP contribution in [0.3, 0.4) is 0 Å². The van der Waals surface area contributed by atoms with Crippen LogP contribution in [0.15, 0.2) is 48.5 Å². The number of hydrogen-bond donors (Lipinski definition) is 6. The maximum atomic E-state index is 14.0. The van der Waals surface area contributed by atoms with Gasteiger partial charge in [-0.2, -0.15) is 13.2 Å². The molecule has 0 aromatic heterocycles. The van der Waals surface area contributed by atoms with E-state index in [0.29, 0.717) is 37.1 Å². The van der Waals surface area contributed by atoms with E-state index in [-0.39, 0.29) is 30.9 Å². The van der Waals surface area contributed by atoms with E-state index < -0.39 is 54.5 Å². The summed E-state index contributed by atoms with van der Waals surface area (Å²) < 4.78 is 37.0. The Morgan fingerprint density at radius 3 is 2.09 bits per heavy atom. The molecular weight excluding hydrogens is 629 g/mol. The van der Waals surface area contributed by atoms with Gasteiger partial charge in [0.2, 0.25) is 11.8 Å². The largest absolute Gasteiger partial charge is 0.497 e. The van der Waals surface area contributed by atoms with Gasteiger partial charge in [-0.1, -0.05) is 24.3 Å². The first-order chi connectivity index (χ1) is 22.1. The summed E-state index contributed by atoms with van der Waals surface area (Å²) >= 11 is 0. The molecule has 1 aliphatic heterocycles. The van der Waals surface area contributed by atoms with Gasteiger partial charge in [0, 0.05) is 30.6 Å². The zero-order chi connectivity index (χ0) is 35.3. The van der Waals surface area contributed by atoms with Gasteiger partial charge in [0.05, 0.1) is 7.11 Å². The van der Waals surface area contributed by atoms with Crippen LogP contribution in [0, 0.1) is 5.41 Å². The Bertz CT molecular complexity index is 1420. The highest BCUT2D eigenvalue weighted by atomic mass is 19.4. The molecule has 17 heteroatoms. The summed E-state index contributed by atoms with van der Waals surface area (Å²) in [6.45, 7) is 0.177. The third-order valence-corrected chi connectivity index (χ3v) is 7.03. The van der Waals surface area contributed by atoms with Gasteiger partial charge >= 0.3 is 18.1 Å². The van der Waals surface area contributed by atoms with Crippen LogP contribution in [-0.4, -0.2) is 107 Å². The molecule has 8 N–H and O–H groups in total. The number of aliphatic carboxylic acids is 2. The van der Waals surface area contributed by atoms with Crippen LogP contribution in [0.5, 0.6) is 5.75 Å². The summed E-state index contributed by atoms with van der Waals surface area (Å²) in [5.41, 5.74) is 12.6. The molecule has 47 heavy (non-hydrogen) atoms. The predicted molar refractivity (Wildman–Crippen MR) is 162 cm³/mol. The van der Waals surface area contributed by atoms with Crippen molar-refractivity contribution in [2.75, 3.05) is 33.3 Å². The number of carbonyl (C=O) groups is 5. The number of alkyl halides is 3. The minimum atomic E-state index is -5.08. The van der Waals surface area contributed by atoms with Crippen molar-refractivity contribution in [2.24, 2.45) is 11.5 Å². The molecule has 1 heterocycles. The van der Waals surface area contributed by atoms with E-state index >= 15 is 0 Å². The van der Waals surface area contributed by atoms with E-state index in [4.69, 9.17) is 31.5 Å². The second-order valence-corrected chi connectivity index (χ2v) is 10.4. The van der Waals surface area contributed by atoms with Crippen LogP contribution in [0.25, 0.3) is 0 Å². The summed E-state index contributed by atoms with van der Waals surface area (Å²) in [5.74, 6) is -4.76. The van der Waals surface area contributed by atoms with Gasteiger partial charge in [0.25, 0.3) is 5.91 Å². The number of carboxylic acid groups (broad SMARTS) is 2. The third kappa shape index (κ3) is 11.6. The summed E-state index contributed by atoms with van der Waals surface area (Å²) in [4.78, 5) is 63.3. The molecular formula is C30H37F3N6O8. The van der Waals surface area contributed by atoms with E-state index in [1.54, 1.807) is 43.5 Å². The molecule has 256 valence electrons. The molecule has 1 fully saturated rings. The van der Waals surface area contributed by atoms with Gasteiger partial charge in [-0.25, -0.2) is 4.79 Å². The van der Waals surface area contributed by atoms with Crippen molar-refractivity contribution < 1.29 is 52.1 Å². The van der Waals surface area contributed by atoms with Crippen LogP contribution in [-0.2, 0) is 25.6 Å². The Kier molecular flexibility index (Phi) is 14.1. The molecule has 1 saturated heterocycles. The van der Waals surface area contributed by atoms with Gasteiger partial charge in [-0.3, -0.25) is 24.6 Å². The van der Waals surface area contributed by atoms with Gasteiger partial charge in [0.15, 0.2) is 0 Å². The number of amides is 3. The Hall–Kier alpha value is -5.19. The molecule has 0 saturated carbocycles. The number of unbranched alkanes of at least 4 members (excludes halogenated alkanes) is 1. The summed E-state index contributed by atoms with van der Waals surface area (Å²) in [5, 5.41) is 26.7. The van der Waals surface area contributed by atoms with E-state index in [1.807, 2.05) is 0 Å². The van der Waals surface area contributed by atoms with Gasteiger partial charge in [-0.05, 0) is 55.6 Å². The lowest BCUT2D eigenvalue weighted by Gasteiger charge is -2.41. The lowest BCUT2D eigenvalue weighted by molar-refractivity contribution is -0.192. The molecule has 3 amide bonds. The number of benzene rings is 2. The number of piperazine rings is 1. The molecule has 2 atom stereocenters. The number of carboxylic acids is 2. The van der Waals surface area contributed by atoms with Gasteiger partial charge in [-0.15, -0.1) is 0 Å². The molecule has 2 aromatic carbocycles. The SMILES string of the molecule is COc1ccc(C[C@H](NC(=O)c2ccc(C(=N)N)cc2)C(=O)N2CCN(CC(=O)O)C(=O)[C@@H]2CCCCN)cc1.O=C(O)C(F)(F)F. The van der Waals surface area contributed by atoms with Crippen LogP contribution in [0.2, 0.25) is 0 Å². The highest BCUT2D eigenvalue weighted by Crippen LogP contribution is 2.21. The number of ether oxygens (including phenoxy) is 1. The third-order valence-electron chi connectivity index (χ3n) is 7.03. The summed E-state index contributed by atoms with van der Waals surface area (Å²) in [6, 6.07) is 11.4. The van der Waals surface area contributed by atoms with Crippen molar-refractivity contribution in [3.8, 4) is 5.75 Å². The second kappa shape index (κ2) is 17.5. The molecule has 0 bridgehead atoms. The predicted octanol–water partition coefficient (Wildman–Crippen LogP) is 1.21. The number of carbonyl (C=O) groups excluding carboxylic acids is 3. The normalized spacial score (nSPS) is 15.2. The van der Waals surface area contributed by atoms with Crippen LogP contribution in [0.4, 0.5) is 13.2 Å². The maximum Gasteiger partial charge on any atom is 0.490 e. The number of nitrogens with two attached hydrogens (primary N) is 2. The summed E-state index contributed by atoms with van der Waals surface area (Å²) in [6.07, 6.45) is -3.38. The molecule has 0 unspecified atom stereocenters. The first-order valence-corrected chi connectivity index (χ1v) is 14.3. The fourth-order valence-corrected chi connectivity index (χ4v) is 4.62. The standard InChI is InChI=1S/C28H36N6O6.C2HF3O2/c1-40-21-11-5-18(6-12-21)16-22(32-26(37)20-9-7-19(8-10-20)25(30)31)27(38)34-15-14-33(17-24(35)36)28(39)23(34)4-2-3-13-29;3-2(4,5)1(6)7/h5-12,22-23H,2-4,13-17,29H2,1H3,(H3,30,31)(H,32,37)(H,35,36);(H,6,7)/t22-,23-;/m0./s1. The van der Waals surface area contributed by atoms with Crippen molar-refractivity contribution in [1.82, 2.24) is 15.1 Å². The van der Waals surface area contributed by atoms with Crippen molar-refractivity contribution in [3.63, 3.8) is 0 Å². The number of nitrogen functional groups attached to an aromatic ring is 1. The van der Waals surface area contributed by atoms with Crippen LogP contribution >= 0.6 is 0 Å². The average Bonchev–Trinajstić information content (AvgIpc) is 3.02. The van der Waals surface area contributed by atoms with E-state index in [1.165, 1.54) is 21.9 Å². The molecule has 0 radical (unpaired) electrons. The smallest absolute Gasteiger partial charge is 0.490 e. The van der Waals surface area contributed by atoms with Crippen molar-refractivity contribution >= 4 is 35.5 Å². The van der Waals surface area contributed by atoms with Crippen LogP contribution in [0.1, 0.15) is 40.7 Å². The molecule has 3 rings (SSSR count). The van der Waals surface area contributed by atoms with Crippen molar-refractivity contribution in [2.45, 2.75) is 43.9 Å². The highest BCUT2D eigenvalue weighted by molar-refractivity contribution is 6.00. The number of rotatable bonds is 13. The van der Waals surface area contributed by atoms with Crippen LogP contribution < -0.4 is 21.5 Å². The summed E-state index contributed by atoms with van der Waals surface area (Å²) in [7, 11) is 1.55. The number of nitrogens with one attached hydrogen (secondary N) is 2. The van der Waals surface area contributed by atoms with Crippen molar-refractivity contribution in [3.05, 3.63) is 65.2 Å². The van der Waals surface area contributed by atoms with Gasteiger partial charge in [0.1, 0.15) is 30.2 Å². The highest BCUT2D eigenvalue weighted by Gasteiger charge is 2.40. The zero-order valence-corrected chi connectivity index (χ0v) is 25.5. The maximum absolute atomic E-state index is 14.0. The Balaban J connectivity index is 0.000000984. The number of nitrogens with zero attached hydrogens (tertiary/aromatic N) is 2. The number of methoxy groups -OCH3 is 1. The molecule has 2 aromatic rings. The van der Waals surface area contributed by atoms with E-state index in [9.17, 15) is 37.5 Å². The van der Waals surface area contributed by atoms with Gasteiger partial charge < -0.3 is 41.5 Å². The lowest BCUT2D eigenvalue weighted by atomic mass is 9.99. The van der Waals surface area contributed by atoms with E-state index in [0.717, 1.165) is 5.56 Å². The number of hydrogen-bond acceptors (Lipinski definition) is 8. The van der Waals surface area contributed by atoms with Crippen molar-refractivity contribution in [1.29, 1.82) is 5.41 Å². The minimum absolute atomic E-state index is 0.0694. The first-order valence-electron chi connectivity index (χ1n) is 14.3. The molecule has 1 aliphatic rings. The first kappa shape index (κ1) is 38.0. The molecule has 0 aliphatic carbocycles. The zero-order valence-electron chi connectivity index (χ0n) is 25.5. The Labute approximate surface area is 267 Å². The average molecular weight is 667 g/mol. The number of halogens is 3. The fraction of sp³-hybridized carbons (Fsp3) is 0.400. The molecule has 14 nitrogen and oxygen atoms in total.